The van der Waals surface area contributed by atoms with E-state index in [9.17, 15) is 5.26 Å². The van der Waals surface area contributed by atoms with Gasteiger partial charge in [-0.2, -0.15) is 5.26 Å². The average molecular weight is 210 g/mol. The minimum atomic E-state index is -0.344. The van der Waals surface area contributed by atoms with E-state index in [0.717, 1.165) is 25.8 Å². The lowest BCUT2D eigenvalue weighted by Gasteiger charge is -2.38. The van der Waals surface area contributed by atoms with E-state index in [0.29, 0.717) is 12.5 Å². The second-order valence-electron chi connectivity index (χ2n) is 4.73. The summed E-state index contributed by atoms with van der Waals surface area (Å²) in [6.45, 7) is 8.04. The van der Waals surface area contributed by atoms with Crippen LogP contribution in [-0.4, -0.2) is 24.8 Å². The number of nitriles is 1. The van der Waals surface area contributed by atoms with E-state index in [-0.39, 0.29) is 11.6 Å². The third kappa shape index (κ3) is 3.19. The molecular weight excluding hydrogens is 188 g/mol. The Morgan fingerprint density at radius 1 is 1.60 bits per heavy atom. The first kappa shape index (κ1) is 12.5. The highest BCUT2D eigenvalue weighted by Crippen LogP contribution is 2.28. The Morgan fingerprint density at radius 3 is 2.87 bits per heavy atom. The van der Waals surface area contributed by atoms with E-state index >= 15 is 0 Å². The summed E-state index contributed by atoms with van der Waals surface area (Å²) >= 11 is 0. The quantitative estimate of drug-likeness (QED) is 0.772. The summed E-state index contributed by atoms with van der Waals surface area (Å²) in [4.78, 5) is 0. The fourth-order valence-electron chi connectivity index (χ4n) is 1.98. The number of rotatable bonds is 4. The molecule has 0 saturated carbocycles. The molecule has 86 valence electrons. The maximum Gasteiger partial charge on any atom is 0.111 e. The summed E-state index contributed by atoms with van der Waals surface area (Å²) in [5.41, 5.74) is -0.344. The smallest absolute Gasteiger partial charge is 0.111 e. The zero-order chi connectivity index (χ0) is 11.3. The normalized spacial score (nSPS) is 31.5. The van der Waals surface area contributed by atoms with Gasteiger partial charge in [-0.05, 0) is 18.9 Å². The number of nitrogens with one attached hydrogen (secondary N) is 1. The van der Waals surface area contributed by atoms with Crippen LogP contribution in [0.1, 0.15) is 40.0 Å². The summed E-state index contributed by atoms with van der Waals surface area (Å²) < 4.78 is 5.69. The Balaban J connectivity index is 2.60. The summed E-state index contributed by atoms with van der Waals surface area (Å²) in [6.07, 6.45) is 2.92. The van der Waals surface area contributed by atoms with Crippen molar-refractivity contribution in [3.63, 3.8) is 0 Å². The monoisotopic (exact) mass is 210 g/mol. The zero-order valence-electron chi connectivity index (χ0n) is 10.0. The van der Waals surface area contributed by atoms with Gasteiger partial charge in [0.25, 0.3) is 0 Å². The second-order valence-corrected chi connectivity index (χ2v) is 4.73. The van der Waals surface area contributed by atoms with E-state index < -0.39 is 0 Å². The van der Waals surface area contributed by atoms with Gasteiger partial charge in [-0.25, -0.2) is 0 Å². The largest absolute Gasteiger partial charge is 0.378 e. The highest BCUT2D eigenvalue weighted by atomic mass is 16.5. The number of hydrogen-bond donors (Lipinski definition) is 1. The van der Waals surface area contributed by atoms with Crippen LogP contribution in [-0.2, 0) is 4.74 Å². The molecule has 0 aliphatic carbocycles. The van der Waals surface area contributed by atoms with E-state index in [1.54, 1.807) is 0 Å². The van der Waals surface area contributed by atoms with Crippen LogP contribution in [0.5, 0.6) is 0 Å². The lowest BCUT2D eigenvalue weighted by molar-refractivity contribution is -0.0384. The number of nitrogens with zero attached hydrogens (tertiary/aromatic N) is 1. The molecule has 0 aromatic rings. The van der Waals surface area contributed by atoms with Crippen molar-refractivity contribution in [2.24, 2.45) is 5.92 Å². The molecule has 1 saturated heterocycles. The van der Waals surface area contributed by atoms with Crippen LogP contribution in [0.2, 0.25) is 0 Å². The third-order valence-electron chi connectivity index (χ3n) is 3.08. The molecule has 0 amide bonds. The molecule has 3 heteroatoms. The first-order valence-electron chi connectivity index (χ1n) is 5.91. The van der Waals surface area contributed by atoms with Gasteiger partial charge < -0.3 is 4.74 Å². The molecule has 1 fully saturated rings. The molecule has 1 aliphatic heterocycles. The molecule has 0 spiro atoms. The van der Waals surface area contributed by atoms with E-state index in [1.165, 1.54) is 0 Å². The van der Waals surface area contributed by atoms with Gasteiger partial charge in [0.1, 0.15) is 5.54 Å². The van der Waals surface area contributed by atoms with Crippen molar-refractivity contribution in [2.45, 2.75) is 51.7 Å². The molecule has 2 unspecified atom stereocenters. The van der Waals surface area contributed by atoms with Crippen molar-refractivity contribution in [3.8, 4) is 6.07 Å². The topological polar surface area (TPSA) is 45.0 Å². The SMILES string of the molecule is CCCNC1(C#N)CCOC(C(C)C)C1. The molecule has 0 radical (unpaired) electrons. The van der Waals surface area contributed by atoms with Gasteiger partial charge in [0.2, 0.25) is 0 Å². The molecule has 2 atom stereocenters. The standard InChI is InChI=1S/C12H22N2O/c1-4-6-14-12(9-13)5-7-15-11(8-12)10(2)3/h10-11,14H,4-8H2,1-3H3. The minimum absolute atomic E-state index is 0.225. The van der Waals surface area contributed by atoms with Gasteiger partial charge in [-0.15, -0.1) is 0 Å². The first-order valence-corrected chi connectivity index (χ1v) is 5.91. The molecule has 0 aromatic heterocycles. The fourth-order valence-corrected chi connectivity index (χ4v) is 1.98. The van der Waals surface area contributed by atoms with Crippen molar-refractivity contribution >= 4 is 0 Å². The maximum atomic E-state index is 9.30. The molecule has 1 aliphatic rings. The zero-order valence-corrected chi connectivity index (χ0v) is 10.0. The van der Waals surface area contributed by atoms with Crippen LogP contribution in [0.3, 0.4) is 0 Å². The number of hydrogen-bond acceptors (Lipinski definition) is 3. The van der Waals surface area contributed by atoms with Crippen LogP contribution < -0.4 is 5.32 Å². The molecule has 15 heavy (non-hydrogen) atoms. The van der Waals surface area contributed by atoms with Crippen molar-refractivity contribution in [3.05, 3.63) is 0 Å². The lowest BCUT2D eigenvalue weighted by atomic mass is 9.84. The molecule has 1 N–H and O–H groups in total. The summed E-state index contributed by atoms with van der Waals surface area (Å²) in [7, 11) is 0. The summed E-state index contributed by atoms with van der Waals surface area (Å²) in [6, 6.07) is 2.45. The Bertz CT molecular complexity index is 234. The van der Waals surface area contributed by atoms with Crippen molar-refractivity contribution in [1.29, 1.82) is 5.26 Å². The molecular formula is C12H22N2O. The lowest BCUT2D eigenvalue weighted by Crippen LogP contribution is -2.52. The third-order valence-corrected chi connectivity index (χ3v) is 3.08. The minimum Gasteiger partial charge on any atom is -0.378 e. The number of ether oxygens (including phenoxy) is 1. The van der Waals surface area contributed by atoms with E-state index in [2.05, 4.69) is 32.2 Å². The predicted molar refractivity (Wildman–Crippen MR) is 60.4 cm³/mol. The van der Waals surface area contributed by atoms with E-state index in [1.807, 2.05) is 0 Å². The Labute approximate surface area is 92.8 Å². The van der Waals surface area contributed by atoms with Crippen LogP contribution in [0.15, 0.2) is 0 Å². The van der Waals surface area contributed by atoms with Crippen molar-refractivity contribution in [2.75, 3.05) is 13.2 Å². The highest BCUT2D eigenvalue weighted by Gasteiger charge is 2.37. The van der Waals surface area contributed by atoms with Gasteiger partial charge in [0.15, 0.2) is 0 Å². The van der Waals surface area contributed by atoms with Crippen LogP contribution >= 0.6 is 0 Å². The highest BCUT2D eigenvalue weighted by molar-refractivity contribution is 5.09. The van der Waals surface area contributed by atoms with Crippen molar-refractivity contribution in [1.82, 2.24) is 5.32 Å². The van der Waals surface area contributed by atoms with Gasteiger partial charge in [0, 0.05) is 19.4 Å². The molecule has 0 bridgehead atoms. The van der Waals surface area contributed by atoms with Crippen LogP contribution in [0.25, 0.3) is 0 Å². The Kier molecular flexibility index (Phi) is 4.56. The van der Waals surface area contributed by atoms with Gasteiger partial charge >= 0.3 is 0 Å². The first-order chi connectivity index (χ1) is 7.13. The molecule has 0 aromatic carbocycles. The van der Waals surface area contributed by atoms with Gasteiger partial charge in [-0.1, -0.05) is 20.8 Å². The van der Waals surface area contributed by atoms with Crippen LogP contribution in [0, 0.1) is 17.2 Å². The summed E-state index contributed by atoms with van der Waals surface area (Å²) in [5, 5.41) is 12.7. The van der Waals surface area contributed by atoms with Crippen molar-refractivity contribution < 1.29 is 4.74 Å². The second kappa shape index (κ2) is 5.48. The van der Waals surface area contributed by atoms with E-state index in [4.69, 9.17) is 4.74 Å². The summed E-state index contributed by atoms with van der Waals surface area (Å²) in [5.74, 6) is 0.487. The molecule has 1 rings (SSSR count). The molecule has 3 nitrogen and oxygen atoms in total. The predicted octanol–water partition coefficient (Wildman–Crippen LogP) is 2.08. The fraction of sp³-hybridized carbons (Fsp3) is 0.917. The Morgan fingerprint density at radius 2 is 2.33 bits per heavy atom. The van der Waals surface area contributed by atoms with Gasteiger partial charge in [0.05, 0.1) is 12.2 Å². The van der Waals surface area contributed by atoms with Gasteiger partial charge in [-0.3, -0.25) is 5.32 Å². The Hall–Kier alpha value is -0.590. The molecule has 1 heterocycles. The maximum absolute atomic E-state index is 9.30. The van der Waals surface area contributed by atoms with Crippen LogP contribution in [0.4, 0.5) is 0 Å². The average Bonchev–Trinajstić information content (AvgIpc) is 2.26.